The molecule has 27 heteroatoms. The van der Waals surface area contributed by atoms with E-state index in [9.17, 15) is 0 Å². The zero-order valence-electron chi connectivity index (χ0n) is 12.7. The Balaban J connectivity index is -0.00000000482. The van der Waals surface area contributed by atoms with Crippen LogP contribution in [-0.2, 0) is 0 Å². The molecule has 27 heavy (non-hydrogen) atoms. The predicted octanol–water partition coefficient (Wildman–Crippen LogP) is -20.6. The van der Waals surface area contributed by atoms with E-state index in [1.54, 1.807) is 0 Å². The first-order valence-corrected chi connectivity index (χ1v) is 2.83. The standard InChI is InChI=1S/4BO3.Na.10H2O/c4*2-1(3)4;;;;;;;;;;;/h;;;;;10*1H2/q4*-3;+1;;;;;;;;;;/p-10. The molecule has 10 N–H and O–H groups in total. The Morgan fingerprint density at radius 2 is 0.222 bits per heavy atom. The number of hydrogen-bond donors (Lipinski definition) is 0. The van der Waals surface area contributed by atoms with Gasteiger partial charge >= 0.3 is 29.6 Å². The molecule has 0 unspecified atom stereocenters. The molecule has 0 bridgehead atoms. The third-order valence-electron chi connectivity index (χ3n) is 0. The van der Waals surface area contributed by atoms with Crippen LogP contribution in [0.5, 0.6) is 0 Å². The van der Waals surface area contributed by atoms with Crippen LogP contribution in [0.1, 0.15) is 0 Å². The van der Waals surface area contributed by atoms with E-state index in [4.69, 9.17) is 60.3 Å². The summed E-state index contributed by atoms with van der Waals surface area (Å²) >= 11 is 0. The van der Waals surface area contributed by atoms with Crippen molar-refractivity contribution in [2.45, 2.75) is 0 Å². The van der Waals surface area contributed by atoms with Crippen LogP contribution in [0.15, 0.2) is 0 Å². The average Bonchev–Trinajstić information content (AvgIpc) is 1.76. The van der Waals surface area contributed by atoms with Crippen molar-refractivity contribution in [2.24, 2.45) is 0 Å². The largest absolute Gasteiger partial charge is 1.00 e. The Kier molecular flexibility index (Phi) is 511. The van der Waals surface area contributed by atoms with E-state index in [0.29, 0.717) is 0 Å². The zero-order valence-corrected chi connectivity index (χ0v) is 14.7. The first kappa shape index (κ1) is 124. The summed E-state index contributed by atoms with van der Waals surface area (Å²) in [5, 5.41) is 101. The summed E-state index contributed by atoms with van der Waals surface area (Å²) in [4.78, 5) is 0. The van der Waals surface area contributed by atoms with Gasteiger partial charge in [0.25, 0.3) is 0 Å². The van der Waals surface area contributed by atoms with Gasteiger partial charge in [0.15, 0.2) is 0 Å². The first-order chi connectivity index (χ1) is 6.93. The summed E-state index contributed by atoms with van der Waals surface area (Å²) in [6.07, 6.45) is 0. The van der Waals surface area contributed by atoms with Crippen LogP contribution in [0.25, 0.3) is 0 Å². The third-order valence-corrected chi connectivity index (χ3v) is 0. The molecule has 0 atom stereocenters. The molecule has 0 fully saturated rings. The molecule has 0 saturated carbocycles. The van der Waals surface area contributed by atoms with Gasteiger partial charge in [-0.2, -0.15) is 0 Å². The SMILES string of the molecule is [Na+].[O-]B([O-])[O-].[O-]B([O-])[O-].[O-]B([O-])[O-].[O-]B([O-])[O-].[OH-].[OH-].[OH-].[OH-].[OH-].[OH-].[OH-].[OH-].[OH-].[OH-]. The summed E-state index contributed by atoms with van der Waals surface area (Å²) in [7, 11) is -11.7. The molecule has 0 aliphatic carbocycles. The van der Waals surface area contributed by atoms with Gasteiger partial charge in [-0.25, -0.2) is 0 Å². The molecule has 0 aliphatic rings. The molecule has 0 rings (SSSR count). The molecular weight excluding hydrogens is 418 g/mol. The summed E-state index contributed by atoms with van der Waals surface area (Å²) in [5.41, 5.74) is 0. The molecule has 0 aromatic rings. The van der Waals surface area contributed by atoms with Crippen LogP contribution in [0, 0.1) is 0 Å². The smallest absolute Gasteiger partial charge is 0.907 e. The molecule has 0 heterocycles. The molecular formula is H10B4NaO22-21. The van der Waals surface area contributed by atoms with Crippen LogP contribution < -0.4 is 89.8 Å². The molecule has 0 aliphatic heterocycles. The van der Waals surface area contributed by atoms with Crippen molar-refractivity contribution in [3.8, 4) is 0 Å². The van der Waals surface area contributed by atoms with Crippen molar-refractivity contribution < 1.29 is 145 Å². The normalized spacial score (nSPS) is 4.00. The van der Waals surface area contributed by atoms with Gasteiger partial charge in [0, 0.05) is 0 Å². The van der Waals surface area contributed by atoms with E-state index >= 15 is 0 Å². The Labute approximate surface area is 174 Å². The Morgan fingerprint density at radius 3 is 0.222 bits per heavy atom. The fraction of sp³-hybridized carbons (Fsp3) is 0. The van der Waals surface area contributed by atoms with Crippen molar-refractivity contribution in [3.05, 3.63) is 0 Å². The van der Waals surface area contributed by atoms with Crippen LogP contribution in [0.4, 0.5) is 0 Å². The van der Waals surface area contributed by atoms with Crippen LogP contribution in [0.3, 0.4) is 0 Å². The second kappa shape index (κ2) is 111. The Morgan fingerprint density at radius 1 is 0.222 bits per heavy atom. The van der Waals surface area contributed by atoms with Gasteiger partial charge in [0.2, 0.25) is 0 Å². The van der Waals surface area contributed by atoms with Gasteiger partial charge < -0.3 is 115 Å². The average molecular weight is 428 g/mol. The van der Waals surface area contributed by atoms with Crippen molar-refractivity contribution in [1.29, 1.82) is 0 Å². The monoisotopic (exact) mass is 429 g/mol. The quantitative estimate of drug-likeness (QED) is 0.323. The fourth-order valence-electron chi connectivity index (χ4n) is 0. The molecule has 0 aromatic heterocycles. The fourth-order valence-corrected chi connectivity index (χ4v) is 0. The molecule has 0 saturated heterocycles. The van der Waals surface area contributed by atoms with Crippen LogP contribution in [-0.4, -0.2) is 84.0 Å². The minimum absolute atomic E-state index is 0. The second-order valence-corrected chi connectivity index (χ2v) is 1.15. The van der Waals surface area contributed by atoms with Crippen molar-refractivity contribution in [1.82, 2.24) is 0 Å². The molecule has 176 valence electrons. The zero-order chi connectivity index (χ0) is 14.3. The Hall–Kier alpha value is 0.380. The van der Waals surface area contributed by atoms with E-state index in [-0.39, 0.29) is 84.3 Å². The van der Waals surface area contributed by atoms with Gasteiger partial charge in [0.05, 0.1) is 0 Å². The van der Waals surface area contributed by atoms with E-state index in [1.807, 2.05) is 0 Å². The molecule has 0 aromatic carbocycles. The van der Waals surface area contributed by atoms with Gasteiger partial charge in [-0.1, -0.05) is 0 Å². The van der Waals surface area contributed by atoms with Crippen molar-refractivity contribution in [2.75, 3.05) is 0 Å². The third kappa shape index (κ3) is 109000. The first-order valence-electron chi connectivity index (χ1n) is 2.83. The predicted molar refractivity (Wildman–Crippen MR) is 42.4 cm³/mol. The molecule has 0 spiro atoms. The maximum atomic E-state index is 8.42. The topological polar surface area (TPSA) is 577 Å². The Bertz CT molecular complexity index is 65.3. The van der Waals surface area contributed by atoms with E-state index in [2.05, 4.69) is 0 Å². The van der Waals surface area contributed by atoms with Gasteiger partial charge in [-0.3, -0.25) is 29.3 Å². The summed E-state index contributed by atoms with van der Waals surface area (Å²) < 4.78 is 0. The molecule has 22 nitrogen and oxygen atoms in total. The molecule has 0 radical (unpaired) electrons. The van der Waals surface area contributed by atoms with Gasteiger partial charge in [-0.05, 0) is 0 Å². The number of rotatable bonds is 0. The summed E-state index contributed by atoms with van der Waals surface area (Å²) in [6, 6.07) is 0. The van der Waals surface area contributed by atoms with Crippen LogP contribution in [0.2, 0.25) is 0 Å². The van der Waals surface area contributed by atoms with Crippen molar-refractivity contribution >= 4 is 29.3 Å². The van der Waals surface area contributed by atoms with Gasteiger partial charge in [0.1, 0.15) is 0 Å². The van der Waals surface area contributed by atoms with E-state index in [1.165, 1.54) is 0 Å². The summed E-state index contributed by atoms with van der Waals surface area (Å²) in [5.74, 6) is 0. The maximum absolute atomic E-state index is 8.42. The minimum Gasteiger partial charge on any atom is -0.907 e. The van der Waals surface area contributed by atoms with Gasteiger partial charge in [-0.15, -0.1) is 0 Å². The van der Waals surface area contributed by atoms with E-state index in [0.717, 1.165) is 0 Å². The summed E-state index contributed by atoms with van der Waals surface area (Å²) in [6.45, 7) is 0. The maximum Gasteiger partial charge on any atom is 1.00 e. The van der Waals surface area contributed by atoms with E-state index < -0.39 is 29.3 Å². The minimum atomic E-state index is -2.92. The van der Waals surface area contributed by atoms with Crippen LogP contribution >= 0.6 is 0 Å². The second-order valence-electron chi connectivity index (χ2n) is 1.15. The number of hydrogen-bond acceptors (Lipinski definition) is 22. The molecule has 0 amide bonds. The van der Waals surface area contributed by atoms with Crippen molar-refractivity contribution in [3.63, 3.8) is 0 Å².